The van der Waals surface area contributed by atoms with Crippen LogP contribution < -0.4 is 5.32 Å². The van der Waals surface area contributed by atoms with Gasteiger partial charge >= 0.3 is 0 Å². The van der Waals surface area contributed by atoms with Crippen molar-refractivity contribution in [3.8, 4) is 0 Å². The van der Waals surface area contributed by atoms with Crippen molar-refractivity contribution in [2.75, 3.05) is 7.05 Å². The lowest BCUT2D eigenvalue weighted by Crippen LogP contribution is -2.43. The van der Waals surface area contributed by atoms with Gasteiger partial charge in [0.25, 0.3) is 0 Å². The molecule has 0 amide bonds. The van der Waals surface area contributed by atoms with E-state index in [0.717, 1.165) is 10.9 Å². The standard InChI is InChI=1S/C16H26N2S/c1-16(2,3)12-8-9-13(17-4)14(11-12)19-15-7-5-6-10-18-15/h5-7,10,12-14,17H,8-9,11H2,1-4H3. The van der Waals surface area contributed by atoms with Gasteiger partial charge in [0, 0.05) is 17.5 Å². The first-order valence-electron chi connectivity index (χ1n) is 7.25. The molecule has 3 heteroatoms. The molecular formula is C16H26N2S. The fraction of sp³-hybridized carbons (Fsp3) is 0.688. The van der Waals surface area contributed by atoms with E-state index in [2.05, 4.69) is 50.3 Å². The molecule has 0 radical (unpaired) electrons. The van der Waals surface area contributed by atoms with E-state index in [1.165, 1.54) is 19.3 Å². The van der Waals surface area contributed by atoms with Crippen LogP contribution in [-0.2, 0) is 0 Å². The predicted molar refractivity (Wildman–Crippen MR) is 83.5 cm³/mol. The number of aromatic nitrogens is 1. The van der Waals surface area contributed by atoms with Crippen LogP contribution in [0.5, 0.6) is 0 Å². The van der Waals surface area contributed by atoms with Gasteiger partial charge < -0.3 is 5.32 Å². The molecule has 0 bridgehead atoms. The highest BCUT2D eigenvalue weighted by molar-refractivity contribution is 7.99. The van der Waals surface area contributed by atoms with Crippen LogP contribution in [0.4, 0.5) is 0 Å². The highest BCUT2D eigenvalue weighted by atomic mass is 32.2. The maximum absolute atomic E-state index is 4.46. The lowest BCUT2D eigenvalue weighted by molar-refractivity contribution is 0.167. The molecule has 1 aromatic rings. The van der Waals surface area contributed by atoms with E-state index < -0.39 is 0 Å². The van der Waals surface area contributed by atoms with E-state index in [9.17, 15) is 0 Å². The van der Waals surface area contributed by atoms with Crippen molar-refractivity contribution in [3.05, 3.63) is 24.4 Å². The zero-order valence-corrected chi connectivity index (χ0v) is 13.3. The van der Waals surface area contributed by atoms with Crippen molar-refractivity contribution in [2.24, 2.45) is 11.3 Å². The van der Waals surface area contributed by atoms with E-state index in [1.807, 2.05) is 24.0 Å². The van der Waals surface area contributed by atoms with Gasteiger partial charge in [-0.3, -0.25) is 0 Å². The van der Waals surface area contributed by atoms with Crippen LogP contribution in [0.15, 0.2) is 29.4 Å². The third-order valence-corrected chi connectivity index (χ3v) is 5.60. The molecule has 19 heavy (non-hydrogen) atoms. The van der Waals surface area contributed by atoms with Gasteiger partial charge in [-0.1, -0.05) is 26.8 Å². The molecule has 1 N–H and O–H groups in total. The molecule has 1 saturated carbocycles. The molecule has 0 saturated heterocycles. The zero-order valence-electron chi connectivity index (χ0n) is 12.5. The van der Waals surface area contributed by atoms with Gasteiger partial charge in [0.15, 0.2) is 0 Å². The van der Waals surface area contributed by atoms with Gasteiger partial charge in [0.05, 0.1) is 5.03 Å². The molecular weight excluding hydrogens is 252 g/mol. The Kier molecular flexibility index (Phi) is 4.91. The number of nitrogens with one attached hydrogen (secondary N) is 1. The maximum Gasteiger partial charge on any atom is 0.0963 e. The van der Waals surface area contributed by atoms with Crippen molar-refractivity contribution in [3.63, 3.8) is 0 Å². The van der Waals surface area contributed by atoms with Crippen LogP contribution in [0.25, 0.3) is 0 Å². The van der Waals surface area contributed by atoms with Crippen LogP contribution in [-0.4, -0.2) is 23.3 Å². The highest BCUT2D eigenvalue weighted by Crippen LogP contribution is 2.42. The summed E-state index contributed by atoms with van der Waals surface area (Å²) in [5.41, 5.74) is 0.418. The molecule has 1 aliphatic rings. The Labute approximate surface area is 121 Å². The van der Waals surface area contributed by atoms with Crippen LogP contribution in [0.1, 0.15) is 40.0 Å². The van der Waals surface area contributed by atoms with Crippen LogP contribution in [0.2, 0.25) is 0 Å². The zero-order chi connectivity index (χ0) is 13.9. The summed E-state index contributed by atoms with van der Waals surface area (Å²) in [6.45, 7) is 7.12. The minimum absolute atomic E-state index is 0.418. The number of pyridine rings is 1. The number of thioether (sulfide) groups is 1. The van der Waals surface area contributed by atoms with Gasteiger partial charge in [-0.25, -0.2) is 4.98 Å². The van der Waals surface area contributed by atoms with Crippen molar-refractivity contribution in [2.45, 2.75) is 56.4 Å². The molecule has 0 aromatic carbocycles. The largest absolute Gasteiger partial charge is 0.316 e. The maximum atomic E-state index is 4.46. The fourth-order valence-corrected chi connectivity index (χ4v) is 4.30. The highest BCUT2D eigenvalue weighted by Gasteiger charge is 2.35. The molecule has 106 valence electrons. The molecule has 1 aromatic heterocycles. The molecule has 0 spiro atoms. The van der Waals surface area contributed by atoms with Crippen LogP contribution >= 0.6 is 11.8 Å². The molecule has 3 atom stereocenters. The van der Waals surface area contributed by atoms with Crippen LogP contribution in [0, 0.1) is 11.3 Å². The summed E-state index contributed by atoms with van der Waals surface area (Å²) >= 11 is 1.94. The summed E-state index contributed by atoms with van der Waals surface area (Å²) in [6, 6.07) is 6.80. The van der Waals surface area contributed by atoms with E-state index in [0.29, 0.717) is 16.7 Å². The van der Waals surface area contributed by atoms with Crippen LogP contribution in [0.3, 0.4) is 0 Å². The number of rotatable bonds is 3. The second-order valence-corrected chi connectivity index (χ2v) is 7.85. The fourth-order valence-electron chi connectivity index (χ4n) is 2.95. The van der Waals surface area contributed by atoms with E-state index in [1.54, 1.807) is 0 Å². The average molecular weight is 278 g/mol. The molecule has 2 rings (SSSR count). The summed E-state index contributed by atoms with van der Waals surface area (Å²) in [4.78, 5) is 4.46. The van der Waals surface area contributed by atoms with E-state index >= 15 is 0 Å². The van der Waals surface area contributed by atoms with Gasteiger partial charge in [0.2, 0.25) is 0 Å². The summed E-state index contributed by atoms with van der Waals surface area (Å²) < 4.78 is 0. The molecule has 1 aliphatic carbocycles. The van der Waals surface area contributed by atoms with E-state index in [4.69, 9.17) is 0 Å². The smallest absolute Gasteiger partial charge is 0.0963 e. The van der Waals surface area contributed by atoms with Crippen molar-refractivity contribution >= 4 is 11.8 Å². The molecule has 2 nitrogen and oxygen atoms in total. The number of hydrogen-bond acceptors (Lipinski definition) is 3. The summed E-state index contributed by atoms with van der Waals surface area (Å²) in [6.07, 6.45) is 5.80. The summed E-state index contributed by atoms with van der Waals surface area (Å²) in [5.74, 6) is 0.818. The Morgan fingerprint density at radius 3 is 2.63 bits per heavy atom. The van der Waals surface area contributed by atoms with Crippen molar-refractivity contribution < 1.29 is 0 Å². The Balaban J connectivity index is 2.06. The third-order valence-electron chi connectivity index (χ3n) is 4.30. The first-order valence-corrected chi connectivity index (χ1v) is 8.13. The van der Waals surface area contributed by atoms with Crippen molar-refractivity contribution in [1.82, 2.24) is 10.3 Å². The Morgan fingerprint density at radius 2 is 2.05 bits per heavy atom. The predicted octanol–water partition coefficient (Wildman–Crippen LogP) is 3.98. The van der Waals surface area contributed by atoms with Gasteiger partial charge in [-0.05, 0) is 49.8 Å². The average Bonchev–Trinajstić information content (AvgIpc) is 2.39. The van der Waals surface area contributed by atoms with E-state index in [-0.39, 0.29) is 0 Å². The summed E-state index contributed by atoms with van der Waals surface area (Å²) in [5, 5.41) is 5.29. The Hall–Kier alpha value is -0.540. The lowest BCUT2D eigenvalue weighted by atomic mass is 9.71. The monoisotopic (exact) mass is 278 g/mol. The molecule has 0 aliphatic heterocycles. The molecule has 1 fully saturated rings. The lowest BCUT2D eigenvalue weighted by Gasteiger charge is -2.41. The number of hydrogen-bond donors (Lipinski definition) is 1. The quantitative estimate of drug-likeness (QED) is 0.905. The number of nitrogens with zero attached hydrogens (tertiary/aromatic N) is 1. The first-order chi connectivity index (χ1) is 9.00. The second kappa shape index (κ2) is 6.27. The van der Waals surface area contributed by atoms with Crippen molar-refractivity contribution in [1.29, 1.82) is 0 Å². The first kappa shape index (κ1) is 14.9. The Morgan fingerprint density at radius 1 is 1.26 bits per heavy atom. The minimum atomic E-state index is 0.418. The SMILES string of the molecule is CNC1CCC(C(C)(C)C)CC1Sc1ccccn1. The normalized spacial score (nSPS) is 28.3. The second-order valence-electron chi connectivity index (χ2n) is 6.60. The van der Waals surface area contributed by atoms with Gasteiger partial charge in [0.1, 0.15) is 0 Å². The molecule has 1 heterocycles. The Bertz CT molecular complexity index is 385. The summed E-state index contributed by atoms with van der Waals surface area (Å²) in [7, 11) is 2.09. The third kappa shape index (κ3) is 3.96. The molecule has 3 unspecified atom stereocenters. The van der Waals surface area contributed by atoms with Gasteiger partial charge in [-0.15, -0.1) is 11.8 Å². The minimum Gasteiger partial charge on any atom is -0.316 e. The van der Waals surface area contributed by atoms with Gasteiger partial charge in [-0.2, -0.15) is 0 Å². The topological polar surface area (TPSA) is 24.9 Å².